The molecular weight excluding hydrogens is 158 g/mol. The molecule has 1 rings (SSSR count). The summed E-state index contributed by atoms with van der Waals surface area (Å²) in [5.41, 5.74) is 0. The maximum Gasteiger partial charge on any atom is 0.0275 e. The Bertz CT molecular complexity index is 136. The van der Waals surface area contributed by atoms with Crippen LogP contribution >= 0.6 is 0 Å². The van der Waals surface area contributed by atoms with Gasteiger partial charge in [0, 0.05) is 6.04 Å². The molecule has 0 N–H and O–H groups in total. The van der Waals surface area contributed by atoms with Gasteiger partial charge in [0.2, 0.25) is 0 Å². The monoisotopic (exact) mass is 181 g/mol. The molecular formula is C12H23N. The minimum absolute atomic E-state index is 0.653. The first kappa shape index (κ1) is 10.8. The second kappa shape index (κ2) is 6.20. The first-order chi connectivity index (χ1) is 6.38. The van der Waals surface area contributed by atoms with E-state index in [-0.39, 0.29) is 0 Å². The summed E-state index contributed by atoms with van der Waals surface area (Å²) in [7, 11) is 0. The van der Waals surface area contributed by atoms with Crippen molar-refractivity contribution in [2.45, 2.75) is 51.5 Å². The van der Waals surface area contributed by atoms with Crippen LogP contribution in [0, 0.1) is 0 Å². The van der Waals surface area contributed by atoms with Crippen molar-refractivity contribution in [2.24, 2.45) is 0 Å². The van der Waals surface area contributed by atoms with Crippen LogP contribution in [0.15, 0.2) is 12.7 Å². The van der Waals surface area contributed by atoms with Crippen molar-refractivity contribution in [1.29, 1.82) is 0 Å². The molecule has 1 aliphatic heterocycles. The van der Waals surface area contributed by atoms with Gasteiger partial charge in [-0.05, 0) is 32.4 Å². The van der Waals surface area contributed by atoms with E-state index < -0.39 is 0 Å². The molecule has 0 aromatic rings. The minimum atomic E-state index is 0.653. The minimum Gasteiger partial charge on any atom is -0.297 e. The highest BCUT2D eigenvalue weighted by Crippen LogP contribution is 2.16. The molecule has 1 unspecified atom stereocenters. The Hall–Kier alpha value is -0.300. The molecule has 1 heterocycles. The van der Waals surface area contributed by atoms with Crippen LogP contribution in [-0.4, -0.2) is 24.0 Å². The van der Waals surface area contributed by atoms with Crippen LogP contribution in [0.25, 0.3) is 0 Å². The van der Waals surface area contributed by atoms with E-state index in [1.165, 1.54) is 51.6 Å². The van der Waals surface area contributed by atoms with E-state index in [0.717, 1.165) is 0 Å². The molecule has 1 fully saturated rings. The quantitative estimate of drug-likeness (QED) is 0.589. The van der Waals surface area contributed by atoms with Crippen LogP contribution < -0.4 is 0 Å². The molecule has 0 bridgehead atoms. The molecule has 0 radical (unpaired) electrons. The molecule has 1 nitrogen and oxygen atoms in total. The maximum atomic E-state index is 3.95. The lowest BCUT2D eigenvalue weighted by molar-refractivity contribution is 0.182. The van der Waals surface area contributed by atoms with E-state index >= 15 is 0 Å². The third-order valence-electron chi connectivity index (χ3n) is 2.99. The number of piperidine rings is 1. The molecule has 0 amide bonds. The summed E-state index contributed by atoms with van der Waals surface area (Å²) in [6.45, 7) is 8.79. The smallest absolute Gasteiger partial charge is 0.0275 e. The molecule has 0 aromatic heterocycles. The molecule has 0 aliphatic carbocycles. The predicted molar refractivity (Wildman–Crippen MR) is 58.9 cm³/mol. The zero-order valence-corrected chi connectivity index (χ0v) is 8.97. The highest BCUT2D eigenvalue weighted by atomic mass is 15.2. The molecule has 1 heteroatoms. The van der Waals surface area contributed by atoms with Gasteiger partial charge in [-0.25, -0.2) is 0 Å². The van der Waals surface area contributed by atoms with Crippen LogP contribution in [0.3, 0.4) is 0 Å². The maximum absolute atomic E-state index is 3.95. The number of likely N-dealkylation sites (tertiary alicyclic amines) is 1. The summed E-state index contributed by atoms with van der Waals surface area (Å²) in [5, 5.41) is 0. The number of rotatable bonds is 5. The zero-order valence-electron chi connectivity index (χ0n) is 8.97. The molecule has 0 saturated carbocycles. The predicted octanol–water partition coefficient (Wildman–Crippen LogP) is 3.22. The van der Waals surface area contributed by atoms with Crippen LogP contribution in [0.1, 0.15) is 45.4 Å². The second-order valence-corrected chi connectivity index (χ2v) is 4.04. The van der Waals surface area contributed by atoms with Gasteiger partial charge in [0.25, 0.3) is 0 Å². The Labute approximate surface area is 82.8 Å². The van der Waals surface area contributed by atoms with Gasteiger partial charge in [0.15, 0.2) is 0 Å². The molecule has 13 heavy (non-hydrogen) atoms. The third kappa shape index (κ3) is 3.51. The lowest BCUT2D eigenvalue weighted by atomic mass is 10.0. The van der Waals surface area contributed by atoms with Gasteiger partial charge in [0.05, 0.1) is 0 Å². The van der Waals surface area contributed by atoms with Gasteiger partial charge in [-0.3, -0.25) is 4.90 Å². The Balaban J connectivity index is 2.30. The van der Waals surface area contributed by atoms with Crippen molar-refractivity contribution in [3.8, 4) is 0 Å². The van der Waals surface area contributed by atoms with Crippen molar-refractivity contribution >= 4 is 0 Å². The van der Waals surface area contributed by atoms with Crippen LogP contribution in [0.5, 0.6) is 0 Å². The molecule has 1 aliphatic rings. The summed E-state index contributed by atoms with van der Waals surface area (Å²) in [4.78, 5) is 2.60. The summed E-state index contributed by atoms with van der Waals surface area (Å²) in [5.74, 6) is 0. The number of nitrogens with zero attached hydrogens (tertiary/aromatic N) is 1. The second-order valence-electron chi connectivity index (χ2n) is 4.04. The van der Waals surface area contributed by atoms with Crippen molar-refractivity contribution in [1.82, 2.24) is 4.90 Å². The first-order valence-corrected chi connectivity index (χ1v) is 5.75. The third-order valence-corrected chi connectivity index (χ3v) is 2.99. The largest absolute Gasteiger partial charge is 0.297 e. The van der Waals surface area contributed by atoms with Crippen molar-refractivity contribution in [3.05, 3.63) is 12.7 Å². The van der Waals surface area contributed by atoms with Crippen molar-refractivity contribution in [3.63, 3.8) is 0 Å². The highest BCUT2D eigenvalue weighted by molar-refractivity contribution is 4.88. The number of unbranched alkanes of at least 4 members (excludes halogenated alkanes) is 1. The molecule has 76 valence electrons. The SMILES string of the molecule is C=CC(CCCC)N1CCCCC1. The zero-order chi connectivity index (χ0) is 9.52. The van der Waals surface area contributed by atoms with E-state index in [1.807, 2.05) is 0 Å². The Morgan fingerprint density at radius 2 is 2.00 bits per heavy atom. The van der Waals surface area contributed by atoms with Crippen LogP contribution in [0.2, 0.25) is 0 Å². The van der Waals surface area contributed by atoms with Gasteiger partial charge < -0.3 is 0 Å². The average molecular weight is 181 g/mol. The van der Waals surface area contributed by atoms with Gasteiger partial charge >= 0.3 is 0 Å². The molecule has 0 aromatic carbocycles. The molecule has 0 spiro atoms. The van der Waals surface area contributed by atoms with Crippen molar-refractivity contribution < 1.29 is 0 Å². The van der Waals surface area contributed by atoms with Crippen LogP contribution in [0.4, 0.5) is 0 Å². The van der Waals surface area contributed by atoms with Gasteiger partial charge in [0.1, 0.15) is 0 Å². The Kier molecular flexibility index (Phi) is 5.14. The van der Waals surface area contributed by atoms with Crippen molar-refractivity contribution in [2.75, 3.05) is 13.1 Å². The van der Waals surface area contributed by atoms with E-state index in [0.29, 0.717) is 6.04 Å². The van der Waals surface area contributed by atoms with Gasteiger partial charge in [-0.2, -0.15) is 0 Å². The molecule has 1 atom stereocenters. The fourth-order valence-electron chi connectivity index (χ4n) is 2.11. The lowest BCUT2D eigenvalue weighted by Gasteiger charge is -2.32. The topological polar surface area (TPSA) is 3.24 Å². The van der Waals surface area contributed by atoms with E-state index in [2.05, 4.69) is 24.5 Å². The van der Waals surface area contributed by atoms with Gasteiger partial charge in [-0.1, -0.05) is 32.3 Å². The number of hydrogen-bond donors (Lipinski definition) is 0. The summed E-state index contributed by atoms with van der Waals surface area (Å²) in [6.07, 6.45) is 10.3. The summed E-state index contributed by atoms with van der Waals surface area (Å²) in [6, 6.07) is 0.653. The normalized spacial score (nSPS) is 21.3. The standard InChI is InChI=1S/C12H23N/c1-3-5-9-12(4-2)13-10-7-6-8-11-13/h4,12H,2-3,5-11H2,1H3. The number of hydrogen-bond acceptors (Lipinski definition) is 1. The first-order valence-electron chi connectivity index (χ1n) is 5.75. The van der Waals surface area contributed by atoms with E-state index in [9.17, 15) is 0 Å². The highest BCUT2D eigenvalue weighted by Gasteiger charge is 2.16. The summed E-state index contributed by atoms with van der Waals surface area (Å²) >= 11 is 0. The molecule has 1 saturated heterocycles. The van der Waals surface area contributed by atoms with E-state index in [4.69, 9.17) is 0 Å². The van der Waals surface area contributed by atoms with Gasteiger partial charge in [-0.15, -0.1) is 6.58 Å². The lowest BCUT2D eigenvalue weighted by Crippen LogP contribution is -2.37. The van der Waals surface area contributed by atoms with Crippen LogP contribution in [-0.2, 0) is 0 Å². The summed E-state index contributed by atoms with van der Waals surface area (Å²) < 4.78 is 0. The fraction of sp³-hybridized carbons (Fsp3) is 0.833. The van der Waals surface area contributed by atoms with E-state index in [1.54, 1.807) is 0 Å². The Morgan fingerprint density at radius 3 is 2.54 bits per heavy atom. The average Bonchev–Trinajstić information content (AvgIpc) is 2.21. The Morgan fingerprint density at radius 1 is 1.31 bits per heavy atom. The fourth-order valence-corrected chi connectivity index (χ4v) is 2.11.